The maximum Gasteiger partial charge on any atom is 0.142 e. The fourth-order valence-electron chi connectivity index (χ4n) is 2.31. The first-order valence-electron chi connectivity index (χ1n) is 6.66. The Morgan fingerprint density at radius 2 is 2.11 bits per heavy atom. The van der Waals surface area contributed by atoms with Crippen LogP contribution in [-0.4, -0.2) is 13.1 Å². The minimum absolute atomic E-state index is 0.299. The molecule has 0 spiro atoms. The summed E-state index contributed by atoms with van der Waals surface area (Å²) in [6, 6.07) is 5.10. The molecule has 0 aliphatic heterocycles. The Morgan fingerprint density at radius 3 is 2.72 bits per heavy atom. The molecular weight excluding hydrogens is 249 g/mol. The quantitative estimate of drug-likeness (QED) is 0.822. The van der Waals surface area contributed by atoms with Gasteiger partial charge >= 0.3 is 0 Å². The minimum Gasteiger partial charge on any atom is -0.316 e. The fraction of sp³-hybridized carbons (Fsp3) is 0.600. The first-order valence-corrected chi connectivity index (χ1v) is 7.04. The van der Waals surface area contributed by atoms with Gasteiger partial charge in [-0.15, -0.1) is 0 Å². The lowest BCUT2D eigenvalue weighted by molar-refractivity contribution is 0.431. The zero-order valence-corrected chi connectivity index (χ0v) is 11.9. The van der Waals surface area contributed by atoms with Crippen molar-refractivity contribution in [2.75, 3.05) is 13.1 Å². The van der Waals surface area contributed by atoms with Crippen molar-refractivity contribution in [3.63, 3.8) is 0 Å². The second kappa shape index (κ2) is 5.58. The third-order valence-electron chi connectivity index (χ3n) is 3.61. The molecule has 0 aromatic heterocycles. The topological polar surface area (TPSA) is 12.0 Å². The molecular formula is C15H21ClFN. The van der Waals surface area contributed by atoms with Gasteiger partial charge in [0.2, 0.25) is 0 Å². The predicted molar refractivity (Wildman–Crippen MR) is 74.5 cm³/mol. The highest BCUT2D eigenvalue weighted by atomic mass is 35.5. The second-order valence-electron chi connectivity index (χ2n) is 5.91. The molecule has 1 aliphatic rings. The molecule has 3 heteroatoms. The van der Waals surface area contributed by atoms with Crippen LogP contribution in [0.3, 0.4) is 0 Å². The highest BCUT2D eigenvalue weighted by Gasteiger charge is 2.42. The molecule has 2 rings (SSSR count). The van der Waals surface area contributed by atoms with Crippen molar-refractivity contribution in [3.05, 3.63) is 34.6 Å². The minimum atomic E-state index is -0.305. The van der Waals surface area contributed by atoms with Crippen LogP contribution in [0, 0.1) is 17.2 Å². The van der Waals surface area contributed by atoms with Crippen LogP contribution in [0.1, 0.15) is 32.3 Å². The first kappa shape index (κ1) is 13.8. The van der Waals surface area contributed by atoms with E-state index in [-0.39, 0.29) is 5.82 Å². The maximum absolute atomic E-state index is 13.4. The molecule has 0 amide bonds. The van der Waals surface area contributed by atoms with E-state index in [1.165, 1.54) is 18.9 Å². The molecule has 1 saturated carbocycles. The highest BCUT2D eigenvalue weighted by Crippen LogP contribution is 2.48. The fourth-order valence-corrected chi connectivity index (χ4v) is 2.50. The predicted octanol–water partition coefficient (Wildman–Crippen LogP) is 4.05. The molecule has 0 unspecified atom stereocenters. The zero-order chi connectivity index (χ0) is 13.2. The Hall–Kier alpha value is -0.600. The lowest BCUT2D eigenvalue weighted by Gasteiger charge is -2.18. The van der Waals surface area contributed by atoms with Gasteiger partial charge in [0.15, 0.2) is 0 Å². The van der Waals surface area contributed by atoms with Crippen LogP contribution in [0.2, 0.25) is 5.02 Å². The first-order chi connectivity index (χ1) is 8.52. The number of rotatable bonds is 6. The van der Waals surface area contributed by atoms with Gasteiger partial charge in [-0.3, -0.25) is 0 Å². The molecule has 100 valence electrons. The lowest BCUT2D eigenvalue weighted by atomic mass is 9.96. The van der Waals surface area contributed by atoms with E-state index in [4.69, 9.17) is 11.6 Å². The van der Waals surface area contributed by atoms with E-state index < -0.39 is 0 Å². The molecule has 1 aromatic carbocycles. The van der Waals surface area contributed by atoms with Crippen LogP contribution in [0.4, 0.5) is 4.39 Å². The largest absolute Gasteiger partial charge is 0.316 e. The zero-order valence-electron chi connectivity index (χ0n) is 11.1. The summed E-state index contributed by atoms with van der Waals surface area (Å²) in [6.45, 7) is 6.46. The summed E-state index contributed by atoms with van der Waals surface area (Å²) in [6.07, 6.45) is 3.31. The van der Waals surface area contributed by atoms with Gasteiger partial charge in [-0.25, -0.2) is 4.39 Å². The standard InChI is InChI=1S/C15H21ClFN/c1-11(2)9-18-10-15(6-7-15)8-12-4-3-5-13(17)14(12)16/h3-5,11,18H,6-10H2,1-2H3. The summed E-state index contributed by atoms with van der Waals surface area (Å²) < 4.78 is 13.4. The number of nitrogens with one attached hydrogen (secondary N) is 1. The molecule has 1 aromatic rings. The molecule has 1 nitrogen and oxygen atoms in total. The van der Waals surface area contributed by atoms with E-state index in [1.807, 2.05) is 6.07 Å². The van der Waals surface area contributed by atoms with E-state index >= 15 is 0 Å². The molecule has 0 atom stereocenters. The van der Waals surface area contributed by atoms with Crippen molar-refractivity contribution >= 4 is 11.6 Å². The number of hydrogen-bond acceptors (Lipinski definition) is 1. The van der Waals surface area contributed by atoms with Crippen LogP contribution in [0.15, 0.2) is 18.2 Å². The molecule has 0 bridgehead atoms. The van der Waals surface area contributed by atoms with Gasteiger partial charge in [0.25, 0.3) is 0 Å². The Balaban J connectivity index is 1.94. The summed E-state index contributed by atoms with van der Waals surface area (Å²) in [4.78, 5) is 0. The summed E-state index contributed by atoms with van der Waals surface area (Å²) in [7, 11) is 0. The third-order valence-corrected chi connectivity index (χ3v) is 4.03. The smallest absolute Gasteiger partial charge is 0.142 e. The van der Waals surface area contributed by atoms with Gasteiger partial charge in [0.05, 0.1) is 5.02 Å². The normalized spacial score (nSPS) is 17.2. The molecule has 1 fully saturated rings. The van der Waals surface area contributed by atoms with Gasteiger partial charge in [0, 0.05) is 6.54 Å². The molecule has 0 heterocycles. The average molecular weight is 270 g/mol. The molecule has 0 radical (unpaired) electrons. The lowest BCUT2D eigenvalue weighted by Crippen LogP contribution is -2.28. The van der Waals surface area contributed by atoms with E-state index in [1.54, 1.807) is 6.07 Å². The van der Waals surface area contributed by atoms with Crippen LogP contribution in [0.5, 0.6) is 0 Å². The summed E-state index contributed by atoms with van der Waals surface area (Å²) in [5, 5.41) is 3.80. The van der Waals surface area contributed by atoms with Crippen LogP contribution < -0.4 is 5.32 Å². The number of hydrogen-bond donors (Lipinski definition) is 1. The second-order valence-corrected chi connectivity index (χ2v) is 6.29. The van der Waals surface area contributed by atoms with E-state index in [9.17, 15) is 4.39 Å². The van der Waals surface area contributed by atoms with Crippen molar-refractivity contribution < 1.29 is 4.39 Å². The Labute approximate surface area is 114 Å². The van der Waals surface area contributed by atoms with Gasteiger partial charge in [-0.05, 0) is 48.8 Å². The number of benzene rings is 1. The Kier molecular flexibility index (Phi) is 4.29. The van der Waals surface area contributed by atoms with Crippen molar-refractivity contribution in [3.8, 4) is 0 Å². The van der Waals surface area contributed by atoms with Crippen LogP contribution >= 0.6 is 11.6 Å². The van der Waals surface area contributed by atoms with Crippen molar-refractivity contribution in [2.24, 2.45) is 11.3 Å². The van der Waals surface area contributed by atoms with Crippen LogP contribution in [-0.2, 0) is 6.42 Å². The van der Waals surface area contributed by atoms with Gasteiger partial charge in [-0.2, -0.15) is 0 Å². The Bertz CT molecular complexity index is 413. The van der Waals surface area contributed by atoms with Crippen molar-refractivity contribution in [1.82, 2.24) is 5.32 Å². The van der Waals surface area contributed by atoms with Crippen molar-refractivity contribution in [1.29, 1.82) is 0 Å². The van der Waals surface area contributed by atoms with Crippen molar-refractivity contribution in [2.45, 2.75) is 33.1 Å². The SMILES string of the molecule is CC(C)CNCC1(Cc2cccc(F)c2Cl)CC1. The Morgan fingerprint density at radius 1 is 1.39 bits per heavy atom. The third kappa shape index (κ3) is 3.46. The maximum atomic E-state index is 13.4. The van der Waals surface area contributed by atoms with E-state index in [0.29, 0.717) is 16.4 Å². The molecule has 1 N–H and O–H groups in total. The van der Waals surface area contributed by atoms with Gasteiger partial charge in [-0.1, -0.05) is 37.6 Å². The van der Waals surface area contributed by atoms with Gasteiger partial charge in [0.1, 0.15) is 5.82 Å². The van der Waals surface area contributed by atoms with E-state index in [2.05, 4.69) is 19.2 Å². The summed E-state index contributed by atoms with van der Waals surface area (Å²) in [5.41, 5.74) is 1.26. The summed E-state index contributed by atoms with van der Waals surface area (Å²) >= 11 is 6.02. The van der Waals surface area contributed by atoms with E-state index in [0.717, 1.165) is 25.1 Å². The monoisotopic (exact) mass is 269 g/mol. The molecule has 18 heavy (non-hydrogen) atoms. The number of halogens is 2. The molecule has 1 aliphatic carbocycles. The molecule has 0 saturated heterocycles. The van der Waals surface area contributed by atoms with Gasteiger partial charge < -0.3 is 5.32 Å². The average Bonchev–Trinajstić information content (AvgIpc) is 3.05. The summed E-state index contributed by atoms with van der Waals surface area (Å²) in [5.74, 6) is 0.360. The highest BCUT2D eigenvalue weighted by molar-refractivity contribution is 6.31. The van der Waals surface area contributed by atoms with Crippen LogP contribution in [0.25, 0.3) is 0 Å².